The number of piperazine rings is 1. The first-order valence-electron chi connectivity index (χ1n) is 11.5. The van der Waals surface area contributed by atoms with Gasteiger partial charge in [0.1, 0.15) is 0 Å². The third-order valence-electron chi connectivity index (χ3n) is 6.31. The fourth-order valence-electron chi connectivity index (χ4n) is 4.35. The van der Waals surface area contributed by atoms with Gasteiger partial charge in [-0.2, -0.15) is 0 Å². The molecule has 2 saturated heterocycles. The van der Waals surface area contributed by atoms with Gasteiger partial charge in [0.25, 0.3) is 10.0 Å². The SMILES string of the molecule is O=C(C1CSCN1)N1CCN(c2ccc(N(Cc3cnc[nH]3)S(=O)(=O)c3ccccc3)cc2)CC1. The van der Waals surface area contributed by atoms with Crippen molar-refractivity contribution in [2.75, 3.05) is 47.0 Å². The Bertz CT molecular complexity index is 1220. The molecule has 0 saturated carbocycles. The van der Waals surface area contributed by atoms with Gasteiger partial charge in [-0.05, 0) is 36.4 Å². The second kappa shape index (κ2) is 10.3. The van der Waals surface area contributed by atoms with E-state index < -0.39 is 10.0 Å². The zero-order valence-corrected chi connectivity index (χ0v) is 20.8. The number of imidazole rings is 1. The number of anilines is 2. The molecule has 2 aliphatic rings. The highest BCUT2D eigenvalue weighted by Crippen LogP contribution is 2.28. The van der Waals surface area contributed by atoms with Crippen molar-refractivity contribution < 1.29 is 13.2 Å². The fourth-order valence-corrected chi connectivity index (χ4v) is 6.75. The van der Waals surface area contributed by atoms with E-state index in [1.807, 2.05) is 29.2 Å². The molecule has 9 nitrogen and oxygen atoms in total. The molecular weight excluding hydrogens is 484 g/mol. The average molecular weight is 513 g/mol. The summed E-state index contributed by atoms with van der Waals surface area (Å²) in [6.07, 6.45) is 3.17. The predicted molar refractivity (Wildman–Crippen MR) is 138 cm³/mol. The van der Waals surface area contributed by atoms with Crippen molar-refractivity contribution in [2.24, 2.45) is 0 Å². The molecule has 11 heteroatoms. The number of thioether (sulfide) groups is 1. The van der Waals surface area contributed by atoms with Gasteiger partial charge in [-0.1, -0.05) is 18.2 Å². The summed E-state index contributed by atoms with van der Waals surface area (Å²) in [6, 6.07) is 15.9. The van der Waals surface area contributed by atoms with E-state index >= 15 is 0 Å². The zero-order chi connectivity index (χ0) is 24.3. The Morgan fingerprint density at radius 2 is 1.80 bits per heavy atom. The van der Waals surface area contributed by atoms with Crippen LogP contribution in [0, 0.1) is 0 Å². The van der Waals surface area contributed by atoms with Crippen LogP contribution in [0.2, 0.25) is 0 Å². The number of hydrogen-bond donors (Lipinski definition) is 2. The number of carbonyl (C=O) groups excluding carboxylic acids is 1. The lowest BCUT2D eigenvalue weighted by Gasteiger charge is -2.37. The van der Waals surface area contributed by atoms with Gasteiger partial charge in [-0.3, -0.25) is 14.4 Å². The molecule has 3 aromatic rings. The minimum Gasteiger partial charge on any atom is -0.368 e. The molecule has 0 spiro atoms. The van der Waals surface area contributed by atoms with Crippen LogP contribution in [0.1, 0.15) is 5.69 Å². The second-order valence-corrected chi connectivity index (χ2v) is 11.4. The molecule has 1 amide bonds. The maximum Gasteiger partial charge on any atom is 0.264 e. The molecule has 1 unspecified atom stereocenters. The molecule has 184 valence electrons. The highest BCUT2D eigenvalue weighted by atomic mass is 32.2. The van der Waals surface area contributed by atoms with Crippen LogP contribution in [-0.2, 0) is 21.4 Å². The van der Waals surface area contributed by atoms with Crippen LogP contribution < -0.4 is 14.5 Å². The average Bonchev–Trinajstić information content (AvgIpc) is 3.62. The number of sulfonamides is 1. The second-order valence-electron chi connectivity index (χ2n) is 8.50. The van der Waals surface area contributed by atoms with Crippen molar-refractivity contribution in [3.63, 3.8) is 0 Å². The number of rotatable bonds is 7. The van der Waals surface area contributed by atoms with Crippen molar-refractivity contribution in [3.05, 3.63) is 72.8 Å². The van der Waals surface area contributed by atoms with Gasteiger partial charge in [-0.25, -0.2) is 13.4 Å². The van der Waals surface area contributed by atoms with E-state index in [2.05, 4.69) is 20.2 Å². The standard InChI is InChI=1S/C24H28N6O3S2/c31-24(23-16-34-18-27-23)29-12-10-28(11-13-29)20-6-8-21(9-7-20)30(15-19-14-25-17-26-19)35(32,33)22-4-2-1-3-5-22/h1-9,14,17,23,27H,10-13,15-16,18H2,(H,25,26). The van der Waals surface area contributed by atoms with E-state index in [1.54, 1.807) is 48.3 Å². The Morgan fingerprint density at radius 1 is 1.06 bits per heavy atom. The molecule has 5 rings (SSSR count). The van der Waals surface area contributed by atoms with Gasteiger partial charge in [0.05, 0.1) is 35.2 Å². The number of nitrogens with one attached hydrogen (secondary N) is 2. The number of aromatic nitrogens is 2. The molecule has 2 aliphatic heterocycles. The first kappa shape index (κ1) is 23.7. The summed E-state index contributed by atoms with van der Waals surface area (Å²) in [6.45, 7) is 2.98. The molecule has 2 fully saturated rings. The Kier molecular flexibility index (Phi) is 6.98. The van der Waals surface area contributed by atoms with Gasteiger partial charge >= 0.3 is 0 Å². The van der Waals surface area contributed by atoms with Gasteiger partial charge in [-0.15, -0.1) is 11.8 Å². The van der Waals surface area contributed by atoms with Gasteiger partial charge in [0, 0.05) is 49.7 Å². The lowest BCUT2D eigenvalue weighted by molar-refractivity contribution is -0.132. The van der Waals surface area contributed by atoms with Crippen LogP contribution in [0.3, 0.4) is 0 Å². The molecule has 3 heterocycles. The monoisotopic (exact) mass is 512 g/mol. The first-order chi connectivity index (χ1) is 17.0. The molecule has 0 radical (unpaired) electrons. The molecule has 1 atom stereocenters. The number of H-pyrrole nitrogens is 1. The highest BCUT2D eigenvalue weighted by molar-refractivity contribution is 7.99. The topological polar surface area (TPSA) is 102 Å². The number of nitrogens with zero attached hydrogens (tertiary/aromatic N) is 4. The van der Waals surface area contributed by atoms with Crippen LogP contribution in [0.25, 0.3) is 0 Å². The Labute approximate surface area is 209 Å². The van der Waals surface area contributed by atoms with E-state index in [-0.39, 0.29) is 23.4 Å². The number of benzene rings is 2. The minimum absolute atomic E-state index is 0.0711. The van der Waals surface area contributed by atoms with Crippen LogP contribution >= 0.6 is 11.8 Å². The van der Waals surface area contributed by atoms with Crippen molar-refractivity contribution in [1.82, 2.24) is 20.2 Å². The third-order valence-corrected chi connectivity index (χ3v) is 9.04. The Morgan fingerprint density at radius 3 is 2.43 bits per heavy atom. The number of amides is 1. The minimum atomic E-state index is -3.77. The molecule has 35 heavy (non-hydrogen) atoms. The largest absolute Gasteiger partial charge is 0.368 e. The highest BCUT2D eigenvalue weighted by Gasteiger charge is 2.30. The van der Waals surface area contributed by atoms with Crippen molar-refractivity contribution in [2.45, 2.75) is 17.5 Å². The van der Waals surface area contributed by atoms with E-state index in [0.29, 0.717) is 24.5 Å². The summed E-state index contributed by atoms with van der Waals surface area (Å²) >= 11 is 1.76. The zero-order valence-electron chi connectivity index (χ0n) is 19.2. The molecule has 0 aliphatic carbocycles. The molecule has 2 N–H and O–H groups in total. The Hall–Kier alpha value is -3.02. The third kappa shape index (κ3) is 5.16. The van der Waals surface area contributed by atoms with Crippen molar-refractivity contribution in [1.29, 1.82) is 0 Å². The summed E-state index contributed by atoms with van der Waals surface area (Å²) in [7, 11) is -3.77. The van der Waals surface area contributed by atoms with E-state index in [1.165, 1.54) is 10.6 Å². The van der Waals surface area contributed by atoms with E-state index in [9.17, 15) is 13.2 Å². The van der Waals surface area contributed by atoms with Gasteiger partial charge in [0.15, 0.2) is 0 Å². The maximum atomic E-state index is 13.5. The lowest BCUT2D eigenvalue weighted by Crippen LogP contribution is -2.53. The fraction of sp³-hybridized carbons (Fsp3) is 0.333. The summed E-state index contributed by atoms with van der Waals surface area (Å²) < 4.78 is 28.4. The van der Waals surface area contributed by atoms with Gasteiger partial charge < -0.3 is 14.8 Å². The molecule has 0 bridgehead atoms. The van der Waals surface area contributed by atoms with Crippen LogP contribution in [0.15, 0.2) is 72.0 Å². The summed E-state index contributed by atoms with van der Waals surface area (Å²) in [5.74, 6) is 1.85. The normalized spacial score (nSPS) is 18.6. The number of aromatic amines is 1. The van der Waals surface area contributed by atoms with Crippen LogP contribution in [0.5, 0.6) is 0 Å². The number of carbonyl (C=O) groups is 1. The quantitative estimate of drug-likeness (QED) is 0.500. The molecular formula is C24H28N6O3S2. The van der Waals surface area contributed by atoms with Crippen molar-refractivity contribution >= 4 is 39.1 Å². The summed E-state index contributed by atoms with van der Waals surface area (Å²) in [5, 5.41) is 3.25. The maximum absolute atomic E-state index is 13.5. The van der Waals surface area contributed by atoms with Gasteiger partial charge in [0.2, 0.25) is 5.91 Å². The van der Waals surface area contributed by atoms with E-state index in [0.717, 1.165) is 30.4 Å². The smallest absolute Gasteiger partial charge is 0.264 e. The first-order valence-corrected chi connectivity index (χ1v) is 14.1. The van der Waals surface area contributed by atoms with Crippen LogP contribution in [0.4, 0.5) is 11.4 Å². The van der Waals surface area contributed by atoms with Crippen LogP contribution in [-0.4, -0.2) is 73.0 Å². The summed E-state index contributed by atoms with van der Waals surface area (Å²) in [4.78, 5) is 24.1. The molecule has 1 aromatic heterocycles. The predicted octanol–water partition coefficient (Wildman–Crippen LogP) is 2.12. The Balaban J connectivity index is 1.31. The molecule has 2 aromatic carbocycles. The lowest BCUT2D eigenvalue weighted by atomic mass is 10.2. The number of hydrogen-bond acceptors (Lipinski definition) is 7. The summed E-state index contributed by atoms with van der Waals surface area (Å²) in [5.41, 5.74) is 2.28. The van der Waals surface area contributed by atoms with E-state index in [4.69, 9.17) is 0 Å². The van der Waals surface area contributed by atoms with Crippen molar-refractivity contribution in [3.8, 4) is 0 Å².